The van der Waals surface area contributed by atoms with Crippen LogP contribution in [-0.2, 0) is 27.3 Å². The summed E-state index contributed by atoms with van der Waals surface area (Å²) >= 11 is 0. The van der Waals surface area contributed by atoms with Gasteiger partial charge in [0.1, 0.15) is 29.9 Å². The number of hydrogen-bond donors (Lipinski definition) is 1. The molecule has 17 heteroatoms. The van der Waals surface area contributed by atoms with E-state index in [0.717, 1.165) is 51.4 Å². The number of oxazole rings is 1. The number of nitrogens with two attached hydrogens (primary N) is 1. The van der Waals surface area contributed by atoms with Crippen molar-refractivity contribution in [3.8, 4) is 12.1 Å². The summed E-state index contributed by atoms with van der Waals surface area (Å²) < 4.78 is 67.9. The van der Waals surface area contributed by atoms with E-state index in [-0.39, 0.29) is 66.8 Å². The number of nitriles is 1. The summed E-state index contributed by atoms with van der Waals surface area (Å²) in [5, 5.41) is 9.81. The van der Waals surface area contributed by atoms with Crippen LogP contribution in [0.5, 0.6) is 6.01 Å². The second-order valence-electron chi connectivity index (χ2n) is 15.2. The first-order valence-electron chi connectivity index (χ1n) is 19.1. The van der Waals surface area contributed by atoms with Gasteiger partial charge in [-0.15, -0.1) is 0 Å². The maximum Gasteiger partial charge on any atom is 0.318 e. The molecule has 2 aromatic heterocycles. The molecule has 7 heterocycles. The maximum atomic E-state index is 15.5. The van der Waals surface area contributed by atoms with Crippen molar-refractivity contribution in [1.82, 2.24) is 29.7 Å². The van der Waals surface area contributed by atoms with E-state index in [4.69, 9.17) is 34.3 Å². The number of ether oxygens (including phenoxy) is 3. The fourth-order valence-corrected chi connectivity index (χ4v) is 9.09. The Labute approximate surface area is 317 Å². The number of fused-ring (bicyclic) bond motifs is 3. The quantitative estimate of drug-likeness (QED) is 0.297. The second kappa shape index (κ2) is 15.6. The number of likely N-dealkylation sites (tertiary alicyclic amines) is 1. The lowest BCUT2D eigenvalue weighted by molar-refractivity contribution is -0.128. The topological polar surface area (TPSA) is 159 Å². The van der Waals surface area contributed by atoms with E-state index in [1.54, 1.807) is 18.1 Å². The standard InChI is InChI=1S/C38H46F3N9O5/c1-52-25-6-12-47(13-7-25)10-2-4-31(51)50-15-14-48(20-24(50)5-9-42)35-26-21-53-30(32-27(40)16-28(41)34-33(32)45-36(43)55-34)17-29(26)44-37(46-35)54-22-38-8-3-11-49(38)19-23(39)18-38/h2,4,16,23-25,30H,3,5-8,10-15,17-22H2,1H3,(H2,43,45)/b4-2+/t23-,24+,30+,38+/m1/s1. The van der Waals surface area contributed by atoms with Crippen molar-refractivity contribution >= 4 is 28.8 Å². The van der Waals surface area contributed by atoms with Crippen molar-refractivity contribution < 1.29 is 36.6 Å². The van der Waals surface area contributed by atoms with Crippen LogP contribution in [0, 0.1) is 23.0 Å². The Morgan fingerprint density at radius 1 is 1.15 bits per heavy atom. The average Bonchev–Trinajstić information content (AvgIpc) is 3.85. The molecule has 4 atom stereocenters. The molecule has 0 saturated carbocycles. The first-order valence-corrected chi connectivity index (χ1v) is 19.1. The number of nitrogen functional groups attached to an aromatic ring is 1. The number of piperazine rings is 1. The third kappa shape index (κ3) is 7.44. The Bertz CT molecular complexity index is 1980. The van der Waals surface area contributed by atoms with Crippen molar-refractivity contribution in [3.63, 3.8) is 0 Å². The SMILES string of the molecule is COC1CCN(C/C=C/C(=O)N2CCN(c3nc(OC[C@@]45CCCN4C[C@H](F)C5)nc4c3CO[C@H](c3c(F)cc(F)c5oc(N)nc35)C4)C[C@@H]2CC#N)CC1. The predicted octanol–water partition coefficient (Wildman–Crippen LogP) is 3.85. The number of anilines is 2. The number of halogens is 3. The predicted molar refractivity (Wildman–Crippen MR) is 194 cm³/mol. The first-order chi connectivity index (χ1) is 26.6. The lowest BCUT2D eigenvalue weighted by Gasteiger charge is -2.42. The number of amides is 1. The molecule has 0 aliphatic carbocycles. The van der Waals surface area contributed by atoms with E-state index in [1.165, 1.54) is 0 Å². The van der Waals surface area contributed by atoms with Crippen molar-refractivity contribution in [2.75, 3.05) is 76.7 Å². The summed E-state index contributed by atoms with van der Waals surface area (Å²) in [4.78, 5) is 35.4. The Kier molecular flexibility index (Phi) is 10.6. The molecule has 4 saturated heterocycles. The molecule has 5 aliphatic heterocycles. The number of hydrogen-bond acceptors (Lipinski definition) is 13. The van der Waals surface area contributed by atoms with Gasteiger partial charge in [0.2, 0.25) is 5.91 Å². The summed E-state index contributed by atoms with van der Waals surface area (Å²) in [5.41, 5.74) is 6.14. The van der Waals surface area contributed by atoms with Gasteiger partial charge in [0.05, 0.1) is 48.6 Å². The normalized spacial score (nSPS) is 26.5. The highest BCUT2D eigenvalue weighted by Crippen LogP contribution is 2.42. The van der Waals surface area contributed by atoms with Crippen LogP contribution in [0.2, 0.25) is 0 Å². The summed E-state index contributed by atoms with van der Waals surface area (Å²) in [6, 6.07) is 2.33. The average molecular weight is 766 g/mol. The molecule has 1 amide bonds. The van der Waals surface area contributed by atoms with Gasteiger partial charge in [-0.25, -0.2) is 13.2 Å². The van der Waals surface area contributed by atoms with Crippen LogP contribution < -0.4 is 15.4 Å². The molecule has 294 valence electrons. The third-order valence-electron chi connectivity index (χ3n) is 11.9. The summed E-state index contributed by atoms with van der Waals surface area (Å²) in [5.74, 6) is -1.42. The smallest absolute Gasteiger partial charge is 0.318 e. The lowest BCUT2D eigenvalue weighted by Crippen LogP contribution is -2.55. The van der Waals surface area contributed by atoms with Crippen molar-refractivity contribution in [1.29, 1.82) is 5.26 Å². The molecule has 8 rings (SSSR count). The first kappa shape index (κ1) is 37.4. The molecule has 3 aromatic rings. The zero-order valence-electron chi connectivity index (χ0n) is 30.9. The number of carbonyl (C=O) groups excluding carboxylic acids is 1. The lowest BCUT2D eigenvalue weighted by atomic mass is 9.95. The number of aromatic nitrogens is 3. The molecule has 1 aromatic carbocycles. The second-order valence-corrected chi connectivity index (χ2v) is 15.2. The van der Waals surface area contributed by atoms with Crippen LogP contribution in [0.15, 0.2) is 22.6 Å². The largest absolute Gasteiger partial charge is 0.461 e. The van der Waals surface area contributed by atoms with E-state index in [1.807, 2.05) is 11.0 Å². The summed E-state index contributed by atoms with van der Waals surface area (Å²) in [6.45, 7) is 4.88. The van der Waals surface area contributed by atoms with Gasteiger partial charge in [-0.2, -0.15) is 20.2 Å². The molecular formula is C38H46F3N9O5. The van der Waals surface area contributed by atoms with E-state index < -0.39 is 35.5 Å². The minimum absolute atomic E-state index is 0.000664. The fraction of sp³-hybridized carbons (Fsp3) is 0.605. The van der Waals surface area contributed by atoms with Gasteiger partial charge < -0.3 is 34.2 Å². The van der Waals surface area contributed by atoms with Crippen molar-refractivity contribution in [3.05, 3.63) is 46.7 Å². The van der Waals surface area contributed by atoms with E-state index in [0.29, 0.717) is 56.2 Å². The monoisotopic (exact) mass is 765 g/mol. The van der Waals surface area contributed by atoms with Crippen LogP contribution in [0.25, 0.3) is 11.1 Å². The van der Waals surface area contributed by atoms with E-state index in [2.05, 4.69) is 20.9 Å². The zero-order chi connectivity index (χ0) is 38.3. The number of methoxy groups -OCH3 is 1. The van der Waals surface area contributed by atoms with Crippen LogP contribution in [0.3, 0.4) is 0 Å². The Balaban J connectivity index is 1.05. The Hall–Kier alpha value is -4.50. The van der Waals surface area contributed by atoms with Gasteiger partial charge in [0, 0.05) is 89.0 Å². The van der Waals surface area contributed by atoms with Crippen molar-refractivity contribution in [2.45, 2.75) is 81.5 Å². The van der Waals surface area contributed by atoms with E-state index in [9.17, 15) is 18.8 Å². The minimum Gasteiger partial charge on any atom is -0.461 e. The number of rotatable bonds is 10. The number of piperidine rings is 1. The molecule has 14 nitrogen and oxygen atoms in total. The highest BCUT2D eigenvalue weighted by atomic mass is 19.1. The van der Waals surface area contributed by atoms with Gasteiger partial charge in [-0.1, -0.05) is 6.08 Å². The molecule has 0 bridgehead atoms. The molecule has 0 radical (unpaired) electrons. The van der Waals surface area contributed by atoms with Crippen molar-refractivity contribution in [2.24, 2.45) is 0 Å². The fourth-order valence-electron chi connectivity index (χ4n) is 9.09. The third-order valence-corrected chi connectivity index (χ3v) is 11.9. The van der Waals surface area contributed by atoms with Crippen LogP contribution in [-0.4, -0.2) is 125 Å². The maximum absolute atomic E-state index is 15.5. The molecule has 2 N–H and O–H groups in total. The highest BCUT2D eigenvalue weighted by Gasteiger charge is 2.49. The molecule has 4 fully saturated rings. The molecule has 5 aliphatic rings. The van der Waals surface area contributed by atoms with E-state index >= 15 is 4.39 Å². The van der Waals surface area contributed by atoms with Gasteiger partial charge in [-0.3, -0.25) is 14.6 Å². The van der Waals surface area contributed by atoms with Gasteiger partial charge in [0.25, 0.3) is 6.01 Å². The van der Waals surface area contributed by atoms with Gasteiger partial charge in [-0.05, 0) is 32.2 Å². The molecule has 55 heavy (non-hydrogen) atoms. The Morgan fingerprint density at radius 2 is 1.98 bits per heavy atom. The van der Waals surface area contributed by atoms with Crippen LogP contribution in [0.1, 0.15) is 61.4 Å². The molecular weight excluding hydrogens is 719 g/mol. The molecule has 0 spiro atoms. The number of benzene rings is 1. The van der Waals surface area contributed by atoms with Gasteiger partial charge in [0.15, 0.2) is 11.4 Å². The van der Waals surface area contributed by atoms with Crippen LogP contribution >= 0.6 is 0 Å². The molecule has 0 unspecified atom stereocenters. The summed E-state index contributed by atoms with van der Waals surface area (Å²) in [6.07, 6.45) is 6.11. The zero-order valence-corrected chi connectivity index (χ0v) is 30.9. The number of carbonyl (C=O) groups is 1. The summed E-state index contributed by atoms with van der Waals surface area (Å²) in [7, 11) is 1.74. The number of nitrogens with zero attached hydrogens (tertiary/aromatic N) is 8. The Morgan fingerprint density at radius 3 is 2.78 bits per heavy atom. The number of alkyl halides is 1. The van der Waals surface area contributed by atoms with Crippen LogP contribution in [0.4, 0.5) is 25.0 Å². The highest BCUT2D eigenvalue weighted by molar-refractivity contribution is 5.88. The minimum atomic E-state index is -0.936. The van der Waals surface area contributed by atoms with Gasteiger partial charge >= 0.3 is 6.01 Å².